The van der Waals surface area contributed by atoms with Crippen LogP contribution in [0.1, 0.15) is 35.4 Å². The third-order valence-electron chi connectivity index (χ3n) is 13.4. The summed E-state index contributed by atoms with van der Waals surface area (Å²) in [6.07, 6.45) is 13.8. The van der Waals surface area contributed by atoms with Gasteiger partial charge in [0.25, 0.3) is 0 Å². The highest BCUT2D eigenvalue weighted by Crippen LogP contribution is 2.47. The van der Waals surface area contributed by atoms with Crippen molar-refractivity contribution in [2.24, 2.45) is 0 Å². The van der Waals surface area contributed by atoms with E-state index in [9.17, 15) is 0 Å². The van der Waals surface area contributed by atoms with Crippen LogP contribution < -0.4 is 0 Å². The fraction of sp³-hybridized carbons (Fsp3) is 0.0690. The van der Waals surface area contributed by atoms with E-state index in [1.54, 1.807) is 0 Å². The average Bonchev–Trinajstić information content (AvgIpc) is 3.83. The highest BCUT2D eigenvalue weighted by atomic mass is 15.0. The van der Waals surface area contributed by atoms with Gasteiger partial charge in [-0.3, -0.25) is 0 Å². The molecule has 0 N–H and O–H groups in total. The molecule has 0 radical (unpaired) electrons. The van der Waals surface area contributed by atoms with Crippen LogP contribution >= 0.6 is 0 Å². The first kappa shape index (κ1) is 33.5. The molecule has 0 amide bonds. The zero-order valence-electron chi connectivity index (χ0n) is 33.2. The molecule has 0 atom stereocenters. The molecule has 11 aromatic rings. The van der Waals surface area contributed by atoms with Crippen molar-refractivity contribution >= 4 is 77.0 Å². The molecule has 0 spiro atoms. The quantitative estimate of drug-likeness (QED) is 0.158. The molecule has 2 aliphatic rings. The van der Waals surface area contributed by atoms with E-state index in [2.05, 4.69) is 203 Å². The van der Waals surface area contributed by atoms with Gasteiger partial charge in [-0.2, -0.15) is 0 Å². The second kappa shape index (κ2) is 13.0. The summed E-state index contributed by atoms with van der Waals surface area (Å²) in [5.74, 6) is 0. The minimum absolute atomic E-state index is 1.05. The van der Waals surface area contributed by atoms with Gasteiger partial charge in [-0.25, -0.2) is 0 Å². The minimum Gasteiger partial charge on any atom is -0.313 e. The maximum absolute atomic E-state index is 2.59. The Bertz CT molecular complexity index is 3610. The standard InChI is InChI=1S/C58H40N2/c1-3-15-39-33-41(27-25-37(39)13-1)57-49-31-29-43(59-53-21-9-5-17-45(53)46-18-6-10-22-54(46)59)35-51(49)58(42-28-26-38-14-2-4-16-40(38)34-42)52-36-44(30-32-50(52)57)60-55-23-11-7-19-47(55)48-20-8-12-24-56(48)60/h1-7,9-10,12-19,21-22,24-36H,8,11,20,23H2. The predicted octanol–water partition coefficient (Wildman–Crippen LogP) is 15.4. The van der Waals surface area contributed by atoms with E-state index in [0.717, 1.165) is 31.4 Å². The molecule has 0 fully saturated rings. The monoisotopic (exact) mass is 764 g/mol. The van der Waals surface area contributed by atoms with Gasteiger partial charge < -0.3 is 9.13 Å². The van der Waals surface area contributed by atoms with Crippen molar-refractivity contribution in [3.8, 4) is 33.6 Å². The van der Waals surface area contributed by atoms with Gasteiger partial charge in [-0.1, -0.05) is 140 Å². The molecule has 0 bridgehead atoms. The van der Waals surface area contributed by atoms with Crippen LogP contribution in [0.15, 0.2) is 182 Å². The van der Waals surface area contributed by atoms with Crippen LogP contribution in [-0.4, -0.2) is 9.13 Å². The van der Waals surface area contributed by atoms with Crippen molar-refractivity contribution < 1.29 is 0 Å². The van der Waals surface area contributed by atoms with Gasteiger partial charge in [0, 0.05) is 33.5 Å². The van der Waals surface area contributed by atoms with Crippen molar-refractivity contribution in [1.82, 2.24) is 9.13 Å². The largest absolute Gasteiger partial charge is 0.313 e. The molecule has 2 aromatic heterocycles. The fourth-order valence-electron chi connectivity index (χ4n) is 10.7. The van der Waals surface area contributed by atoms with Gasteiger partial charge >= 0.3 is 0 Å². The van der Waals surface area contributed by atoms with E-state index in [1.807, 2.05) is 0 Å². The number of fused-ring (bicyclic) bond motifs is 10. The van der Waals surface area contributed by atoms with Gasteiger partial charge in [0.1, 0.15) is 0 Å². The Morgan fingerprint density at radius 3 is 1.52 bits per heavy atom. The summed E-state index contributed by atoms with van der Waals surface area (Å²) in [7, 11) is 0. The molecule has 0 saturated heterocycles. The molecule has 0 saturated carbocycles. The third kappa shape index (κ3) is 4.94. The number of allylic oxidation sites excluding steroid dienone is 2. The van der Waals surface area contributed by atoms with Crippen molar-refractivity contribution in [3.05, 3.63) is 205 Å². The summed E-state index contributed by atoms with van der Waals surface area (Å²) in [4.78, 5) is 0. The van der Waals surface area contributed by atoms with E-state index in [1.165, 1.54) is 115 Å². The Kier molecular flexibility index (Phi) is 7.29. The van der Waals surface area contributed by atoms with Crippen LogP contribution in [-0.2, 0) is 12.8 Å². The molecule has 60 heavy (non-hydrogen) atoms. The predicted molar refractivity (Wildman–Crippen MR) is 256 cm³/mol. The lowest BCUT2D eigenvalue weighted by Crippen LogP contribution is -2.05. The van der Waals surface area contributed by atoms with Gasteiger partial charge in [-0.15, -0.1) is 0 Å². The lowest BCUT2D eigenvalue weighted by molar-refractivity contribution is 0.869. The molecular weight excluding hydrogens is 725 g/mol. The summed E-state index contributed by atoms with van der Waals surface area (Å²) in [6, 6.07) is 63.8. The smallest absolute Gasteiger partial charge is 0.0541 e. The van der Waals surface area contributed by atoms with E-state index < -0.39 is 0 Å². The molecular formula is C58H40N2. The molecule has 2 aliphatic carbocycles. The lowest BCUT2D eigenvalue weighted by Gasteiger charge is -2.22. The highest BCUT2D eigenvalue weighted by molar-refractivity contribution is 6.23. The maximum Gasteiger partial charge on any atom is 0.0541 e. The molecule has 2 nitrogen and oxygen atoms in total. The number of hydrogen-bond donors (Lipinski definition) is 0. The van der Waals surface area contributed by atoms with Crippen LogP contribution in [0.25, 0.3) is 111 Å². The Morgan fingerprint density at radius 1 is 0.367 bits per heavy atom. The van der Waals surface area contributed by atoms with Crippen LogP contribution in [0.4, 0.5) is 0 Å². The van der Waals surface area contributed by atoms with E-state index >= 15 is 0 Å². The molecule has 282 valence electrons. The first-order valence-electron chi connectivity index (χ1n) is 21.4. The number of rotatable bonds is 4. The lowest BCUT2D eigenvalue weighted by atomic mass is 9.84. The van der Waals surface area contributed by atoms with Crippen LogP contribution in [0.3, 0.4) is 0 Å². The summed E-state index contributed by atoms with van der Waals surface area (Å²) in [5.41, 5.74) is 15.5. The number of hydrogen-bond acceptors (Lipinski definition) is 0. The zero-order chi connectivity index (χ0) is 39.3. The van der Waals surface area contributed by atoms with Crippen LogP contribution in [0.5, 0.6) is 0 Å². The van der Waals surface area contributed by atoms with Gasteiger partial charge in [0.05, 0.1) is 11.0 Å². The number of benzene rings is 9. The third-order valence-corrected chi connectivity index (χ3v) is 13.4. The van der Waals surface area contributed by atoms with E-state index in [0.29, 0.717) is 0 Å². The average molecular weight is 765 g/mol. The van der Waals surface area contributed by atoms with Crippen LogP contribution in [0.2, 0.25) is 0 Å². The van der Waals surface area contributed by atoms with Gasteiger partial charge in [0.15, 0.2) is 0 Å². The van der Waals surface area contributed by atoms with Crippen molar-refractivity contribution in [2.45, 2.75) is 25.7 Å². The highest BCUT2D eigenvalue weighted by Gasteiger charge is 2.25. The maximum atomic E-state index is 2.59. The molecule has 0 aliphatic heterocycles. The van der Waals surface area contributed by atoms with Crippen molar-refractivity contribution in [3.63, 3.8) is 0 Å². The Balaban J connectivity index is 1.19. The van der Waals surface area contributed by atoms with Gasteiger partial charge in [-0.05, 0) is 157 Å². The molecule has 2 heteroatoms. The van der Waals surface area contributed by atoms with Crippen LogP contribution in [0, 0.1) is 0 Å². The van der Waals surface area contributed by atoms with E-state index in [-0.39, 0.29) is 0 Å². The molecule has 13 rings (SSSR count). The number of nitrogens with zero attached hydrogens (tertiary/aromatic N) is 2. The molecule has 0 unspecified atom stereocenters. The molecule has 9 aromatic carbocycles. The summed E-state index contributed by atoms with van der Waals surface area (Å²) in [5, 5.41) is 12.6. The second-order valence-corrected chi connectivity index (χ2v) is 16.6. The Morgan fingerprint density at radius 2 is 0.883 bits per heavy atom. The first-order chi connectivity index (χ1) is 29.8. The van der Waals surface area contributed by atoms with Crippen molar-refractivity contribution in [1.29, 1.82) is 0 Å². The summed E-state index contributed by atoms with van der Waals surface area (Å²) >= 11 is 0. The normalized spacial score (nSPS) is 13.6. The summed E-state index contributed by atoms with van der Waals surface area (Å²) < 4.78 is 5.05. The fourth-order valence-corrected chi connectivity index (χ4v) is 10.7. The first-order valence-corrected chi connectivity index (χ1v) is 21.4. The second-order valence-electron chi connectivity index (χ2n) is 16.6. The summed E-state index contributed by atoms with van der Waals surface area (Å²) in [6.45, 7) is 0. The molecule has 2 heterocycles. The zero-order valence-corrected chi connectivity index (χ0v) is 33.2. The SMILES string of the molecule is C1=Cc2c(c3c(n2-c2ccc4c(-c5ccc6ccccc6c5)c5ccc(-n6c7ccccc7c7ccccc76)cc5c(-c5ccc6ccccc6c5)c4c2)CCC=C3)CC1. The Hall–Kier alpha value is -7.42. The van der Waals surface area contributed by atoms with Gasteiger partial charge in [0.2, 0.25) is 0 Å². The minimum atomic E-state index is 1.05. The topological polar surface area (TPSA) is 9.86 Å². The van der Waals surface area contributed by atoms with E-state index in [4.69, 9.17) is 0 Å². The Labute approximate surface area is 348 Å². The number of aromatic nitrogens is 2. The number of para-hydroxylation sites is 2. The van der Waals surface area contributed by atoms with Crippen molar-refractivity contribution in [2.75, 3.05) is 0 Å².